The van der Waals surface area contributed by atoms with Crippen LogP contribution in [0.3, 0.4) is 0 Å². The second kappa shape index (κ2) is 64.9. The molecule has 0 aromatic carbocycles. The highest BCUT2D eigenvalue weighted by atomic mass is 16.6. The van der Waals surface area contributed by atoms with E-state index in [1.165, 1.54) is 225 Å². The molecule has 0 amide bonds. The zero-order valence-corrected chi connectivity index (χ0v) is 51.0. The maximum atomic E-state index is 12.9. The van der Waals surface area contributed by atoms with Crippen LogP contribution in [-0.2, 0) is 28.6 Å². The number of carbonyl (C=O) groups is 3. The molecule has 6 heteroatoms. The summed E-state index contributed by atoms with van der Waals surface area (Å²) in [5, 5.41) is 0. The van der Waals surface area contributed by atoms with Crippen LogP contribution in [-0.4, -0.2) is 37.2 Å². The monoisotopic (exact) mass is 1060 g/mol. The Hall–Kier alpha value is -2.63. The predicted octanol–water partition coefficient (Wildman–Crippen LogP) is 22.9. The molecule has 0 aromatic rings. The smallest absolute Gasteiger partial charge is 0.306 e. The van der Waals surface area contributed by atoms with Gasteiger partial charge < -0.3 is 14.2 Å². The van der Waals surface area contributed by atoms with Crippen LogP contribution in [0.4, 0.5) is 0 Å². The molecule has 0 saturated carbocycles. The summed E-state index contributed by atoms with van der Waals surface area (Å²) in [7, 11) is 0. The van der Waals surface area contributed by atoms with E-state index in [1.54, 1.807) is 0 Å². The quantitative estimate of drug-likeness (QED) is 0.0261. The van der Waals surface area contributed by atoms with Gasteiger partial charge >= 0.3 is 17.9 Å². The van der Waals surface area contributed by atoms with Crippen LogP contribution in [0.15, 0.2) is 48.6 Å². The molecule has 0 N–H and O–H groups in total. The molecule has 0 aliphatic heterocycles. The van der Waals surface area contributed by atoms with Crippen molar-refractivity contribution >= 4 is 17.9 Å². The molecule has 0 radical (unpaired) electrons. The average Bonchev–Trinajstić information content (AvgIpc) is 3.42. The molecule has 0 aliphatic carbocycles. The SMILES string of the molecule is CC/C=C\C/C=C\C/C=C\C/C=C\CCCCCCC(=O)OC(COC(=O)CCCCCCCCCCCCCCCCCCC)COC(=O)CCCCCCCCCCCCCCCCCCCCCCCCCC. The van der Waals surface area contributed by atoms with Crippen LogP contribution in [0.1, 0.15) is 361 Å². The number of ether oxygens (including phenoxy) is 3. The summed E-state index contributed by atoms with van der Waals surface area (Å²) in [5.74, 6) is -0.876. The lowest BCUT2D eigenvalue weighted by atomic mass is 10.0. The number of hydrogen-bond donors (Lipinski definition) is 0. The topological polar surface area (TPSA) is 78.9 Å². The highest BCUT2D eigenvalue weighted by Gasteiger charge is 2.19. The Morgan fingerprint density at radius 2 is 0.513 bits per heavy atom. The van der Waals surface area contributed by atoms with Gasteiger partial charge in [-0.05, 0) is 57.8 Å². The highest BCUT2D eigenvalue weighted by molar-refractivity contribution is 5.71. The van der Waals surface area contributed by atoms with E-state index >= 15 is 0 Å². The van der Waals surface area contributed by atoms with E-state index in [9.17, 15) is 14.4 Å². The van der Waals surface area contributed by atoms with Crippen LogP contribution in [0.5, 0.6) is 0 Å². The van der Waals surface area contributed by atoms with Crippen LogP contribution in [0, 0.1) is 0 Å². The molecule has 0 bridgehead atoms. The van der Waals surface area contributed by atoms with E-state index < -0.39 is 6.10 Å². The lowest BCUT2D eigenvalue weighted by molar-refractivity contribution is -0.167. The number of esters is 3. The molecular formula is C70H128O6. The number of allylic oxidation sites excluding steroid dienone is 8. The van der Waals surface area contributed by atoms with Crippen molar-refractivity contribution < 1.29 is 28.6 Å². The van der Waals surface area contributed by atoms with Crippen molar-refractivity contribution in [2.75, 3.05) is 13.2 Å². The summed E-state index contributed by atoms with van der Waals surface area (Å²) in [5.41, 5.74) is 0. The van der Waals surface area contributed by atoms with Crippen LogP contribution in [0.25, 0.3) is 0 Å². The van der Waals surface area contributed by atoms with E-state index in [2.05, 4.69) is 69.4 Å². The second-order valence-electron chi connectivity index (χ2n) is 22.7. The van der Waals surface area contributed by atoms with Gasteiger partial charge in [0, 0.05) is 19.3 Å². The largest absolute Gasteiger partial charge is 0.462 e. The minimum Gasteiger partial charge on any atom is -0.462 e. The summed E-state index contributed by atoms with van der Waals surface area (Å²) in [6.07, 6.45) is 81.3. The molecular weight excluding hydrogens is 937 g/mol. The number of carbonyl (C=O) groups excluding carboxylic acids is 3. The van der Waals surface area contributed by atoms with Gasteiger partial charge in [0.05, 0.1) is 0 Å². The summed E-state index contributed by atoms with van der Waals surface area (Å²) in [6, 6.07) is 0. The summed E-state index contributed by atoms with van der Waals surface area (Å²) >= 11 is 0. The molecule has 0 aromatic heterocycles. The zero-order valence-electron chi connectivity index (χ0n) is 51.0. The fourth-order valence-electron chi connectivity index (χ4n) is 10.1. The Morgan fingerprint density at radius 1 is 0.276 bits per heavy atom. The zero-order chi connectivity index (χ0) is 55.0. The molecule has 6 nitrogen and oxygen atoms in total. The fraction of sp³-hybridized carbons (Fsp3) is 0.843. The first kappa shape index (κ1) is 73.4. The van der Waals surface area contributed by atoms with E-state index in [1.807, 2.05) is 0 Å². The maximum absolute atomic E-state index is 12.9. The molecule has 1 unspecified atom stereocenters. The third kappa shape index (κ3) is 62.2. The van der Waals surface area contributed by atoms with Crippen molar-refractivity contribution in [3.63, 3.8) is 0 Å². The van der Waals surface area contributed by atoms with Crippen molar-refractivity contribution in [1.29, 1.82) is 0 Å². The molecule has 0 aliphatic rings. The van der Waals surface area contributed by atoms with Gasteiger partial charge in [-0.25, -0.2) is 0 Å². The van der Waals surface area contributed by atoms with Crippen LogP contribution < -0.4 is 0 Å². The maximum Gasteiger partial charge on any atom is 0.306 e. The van der Waals surface area contributed by atoms with Gasteiger partial charge in [-0.1, -0.05) is 333 Å². The minimum atomic E-state index is -0.784. The van der Waals surface area contributed by atoms with Gasteiger partial charge in [-0.3, -0.25) is 14.4 Å². The molecule has 0 fully saturated rings. The molecule has 0 rings (SSSR count). The van der Waals surface area contributed by atoms with E-state index in [4.69, 9.17) is 14.2 Å². The Morgan fingerprint density at radius 3 is 0.803 bits per heavy atom. The highest BCUT2D eigenvalue weighted by Crippen LogP contribution is 2.18. The number of rotatable bonds is 62. The van der Waals surface area contributed by atoms with Gasteiger partial charge in [0.1, 0.15) is 13.2 Å². The van der Waals surface area contributed by atoms with Crippen molar-refractivity contribution in [2.24, 2.45) is 0 Å². The fourth-order valence-corrected chi connectivity index (χ4v) is 10.1. The van der Waals surface area contributed by atoms with Crippen LogP contribution in [0.2, 0.25) is 0 Å². The average molecular weight is 1070 g/mol. The Labute approximate surface area is 473 Å². The van der Waals surface area contributed by atoms with Gasteiger partial charge in [-0.2, -0.15) is 0 Å². The molecule has 0 spiro atoms. The van der Waals surface area contributed by atoms with E-state index in [-0.39, 0.29) is 31.1 Å². The van der Waals surface area contributed by atoms with Gasteiger partial charge in [-0.15, -0.1) is 0 Å². The summed E-state index contributed by atoms with van der Waals surface area (Å²) in [6.45, 7) is 6.58. The molecule has 444 valence electrons. The van der Waals surface area contributed by atoms with Crippen molar-refractivity contribution in [1.82, 2.24) is 0 Å². The third-order valence-electron chi connectivity index (χ3n) is 15.1. The van der Waals surface area contributed by atoms with E-state index in [0.29, 0.717) is 19.3 Å². The first-order valence-electron chi connectivity index (χ1n) is 33.6. The van der Waals surface area contributed by atoms with Crippen LogP contribution >= 0.6 is 0 Å². The van der Waals surface area contributed by atoms with Gasteiger partial charge in [0.2, 0.25) is 0 Å². The second-order valence-corrected chi connectivity index (χ2v) is 22.7. The van der Waals surface area contributed by atoms with Crippen molar-refractivity contribution in [2.45, 2.75) is 367 Å². The first-order valence-corrected chi connectivity index (χ1v) is 33.6. The normalized spacial score (nSPS) is 12.3. The summed E-state index contributed by atoms with van der Waals surface area (Å²) < 4.78 is 17.0. The minimum absolute atomic E-state index is 0.0781. The predicted molar refractivity (Wildman–Crippen MR) is 330 cm³/mol. The van der Waals surface area contributed by atoms with Gasteiger partial charge in [0.25, 0.3) is 0 Å². The van der Waals surface area contributed by atoms with E-state index in [0.717, 1.165) is 96.3 Å². The first-order chi connectivity index (χ1) is 37.5. The van der Waals surface area contributed by atoms with Gasteiger partial charge in [0.15, 0.2) is 6.10 Å². The van der Waals surface area contributed by atoms with Crippen molar-refractivity contribution in [3.8, 4) is 0 Å². The summed E-state index contributed by atoms with van der Waals surface area (Å²) in [4.78, 5) is 38.4. The molecule has 1 atom stereocenters. The van der Waals surface area contributed by atoms with Crippen molar-refractivity contribution in [3.05, 3.63) is 48.6 Å². The molecule has 0 saturated heterocycles. The Balaban J connectivity index is 4.30. The third-order valence-corrected chi connectivity index (χ3v) is 15.1. The molecule has 76 heavy (non-hydrogen) atoms. The Bertz CT molecular complexity index is 1310. The number of unbranched alkanes of at least 4 members (excludes halogenated alkanes) is 43. The lowest BCUT2D eigenvalue weighted by Crippen LogP contribution is -2.30. The Kier molecular flexibility index (Phi) is 62.6. The lowest BCUT2D eigenvalue weighted by Gasteiger charge is -2.18. The number of hydrogen-bond acceptors (Lipinski definition) is 6. The molecule has 0 heterocycles. The standard InChI is InChI=1S/C70H128O6/c1-4-7-10-13-16-19-22-25-28-31-32-33-34-35-36-37-40-42-45-48-51-54-57-60-63-69(72)75-66-67(76-70(73)64-61-58-55-52-49-46-43-39-30-27-24-21-18-15-12-9-6-3)65-74-68(71)62-59-56-53-50-47-44-41-38-29-26-23-20-17-14-11-8-5-2/h9,12,18,21,27,30,43,46,67H,4-8,10-11,13-17,19-20,22-26,28-29,31-42,44-45,47-66H2,1-3H3/b12-9-,21-18-,30-27-,46-43-.